The molecule has 0 bridgehead atoms. The molecule has 208 valence electrons. The van der Waals surface area contributed by atoms with Gasteiger partial charge in [-0.05, 0) is 68.6 Å². The van der Waals surface area contributed by atoms with Crippen LogP contribution in [-0.2, 0) is 16.1 Å². The number of carboxylic acid groups (broad SMARTS) is 2. The number of carbonyl (C=O) groups excluding carboxylic acids is 1. The van der Waals surface area contributed by atoms with Crippen molar-refractivity contribution in [1.82, 2.24) is 20.4 Å². The summed E-state index contributed by atoms with van der Waals surface area (Å²) in [7, 11) is 0. The lowest BCUT2D eigenvalue weighted by molar-refractivity contribution is -0.134. The molecule has 2 aromatic carbocycles. The Morgan fingerprint density at radius 3 is 2.33 bits per heavy atom. The Hall–Kier alpha value is -4.89. The van der Waals surface area contributed by atoms with Crippen LogP contribution in [0.1, 0.15) is 41.0 Å². The first-order valence-electron chi connectivity index (χ1n) is 12.5. The van der Waals surface area contributed by atoms with E-state index in [2.05, 4.69) is 20.4 Å². The van der Waals surface area contributed by atoms with Gasteiger partial charge in [0.05, 0.1) is 11.6 Å². The van der Waals surface area contributed by atoms with E-state index in [1.54, 1.807) is 30.3 Å². The molecule has 0 aliphatic carbocycles. The Labute approximate surface area is 229 Å². The number of piperidine rings is 1. The number of likely N-dealkylation sites (tertiary alicyclic amines) is 1. The number of aliphatic carboxylic acids is 2. The van der Waals surface area contributed by atoms with Gasteiger partial charge in [0.25, 0.3) is 17.6 Å². The zero-order valence-corrected chi connectivity index (χ0v) is 21.5. The summed E-state index contributed by atoms with van der Waals surface area (Å²) in [5.41, 5.74) is 1.92. The van der Waals surface area contributed by atoms with Crippen LogP contribution < -0.4 is 5.32 Å². The lowest BCUT2D eigenvalue weighted by Crippen LogP contribution is -2.35. The molecule has 1 aliphatic heterocycles. The summed E-state index contributed by atoms with van der Waals surface area (Å²) in [6.45, 7) is 3.02. The minimum absolute atomic E-state index is 0.0101. The number of nitrogens with one attached hydrogen (secondary N) is 1. The van der Waals surface area contributed by atoms with Crippen LogP contribution in [0.25, 0.3) is 11.5 Å². The number of nitrogens with zero attached hydrogens (tertiary/aromatic N) is 4. The van der Waals surface area contributed by atoms with Crippen molar-refractivity contribution in [3.63, 3.8) is 0 Å². The number of halogens is 1. The van der Waals surface area contributed by atoms with Gasteiger partial charge >= 0.3 is 11.9 Å². The zero-order valence-electron chi connectivity index (χ0n) is 21.5. The molecular weight excluding hydrogens is 521 g/mol. The van der Waals surface area contributed by atoms with Crippen molar-refractivity contribution in [2.45, 2.75) is 25.8 Å². The van der Waals surface area contributed by atoms with E-state index in [1.165, 1.54) is 6.07 Å². The first kappa shape index (κ1) is 29.7. The number of carbonyl (C=O) groups is 3. The van der Waals surface area contributed by atoms with Crippen molar-refractivity contribution in [2.24, 2.45) is 5.92 Å². The second-order valence-corrected chi connectivity index (χ2v) is 8.98. The first-order valence-corrected chi connectivity index (χ1v) is 12.5. The van der Waals surface area contributed by atoms with E-state index in [1.807, 2.05) is 18.2 Å². The third kappa shape index (κ3) is 9.45. The predicted molar refractivity (Wildman–Crippen MR) is 140 cm³/mol. The highest BCUT2D eigenvalue weighted by molar-refractivity contribution is 5.90. The number of benzene rings is 2. The van der Waals surface area contributed by atoms with Crippen LogP contribution in [0.5, 0.6) is 0 Å². The Kier molecular flexibility index (Phi) is 11.0. The lowest BCUT2D eigenvalue weighted by atomic mass is 9.93. The molecule has 2 heterocycles. The van der Waals surface area contributed by atoms with Gasteiger partial charge in [-0.25, -0.2) is 14.0 Å². The number of rotatable bonds is 9. The summed E-state index contributed by atoms with van der Waals surface area (Å²) >= 11 is 0. The van der Waals surface area contributed by atoms with Gasteiger partial charge in [0, 0.05) is 36.4 Å². The van der Waals surface area contributed by atoms with E-state index >= 15 is 0 Å². The third-order valence-electron chi connectivity index (χ3n) is 6.16. The van der Waals surface area contributed by atoms with Crippen molar-refractivity contribution in [3.8, 4) is 17.5 Å². The Bertz CT molecular complexity index is 1360. The molecule has 0 unspecified atom stereocenters. The van der Waals surface area contributed by atoms with Crippen molar-refractivity contribution >= 4 is 17.8 Å². The topological polar surface area (TPSA) is 170 Å². The van der Waals surface area contributed by atoms with E-state index in [4.69, 9.17) is 20.0 Å². The number of hydrogen-bond acceptors (Lipinski definition) is 8. The van der Waals surface area contributed by atoms with Gasteiger partial charge in [-0.2, -0.15) is 10.2 Å². The number of hydrogen-bond donors (Lipinski definition) is 3. The van der Waals surface area contributed by atoms with Crippen LogP contribution in [0, 0.1) is 23.1 Å². The molecular formula is C28H28FN5O6. The summed E-state index contributed by atoms with van der Waals surface area (Å²) in [6.07, 6.45) is 4.04. The molecule has 0 spiro atoms. The van der Waals surface area contributed by atoms with Gasteiger partial charge in [-0.3, -0.25) is 9.69 Å². The standard InChI is InChI=1S/C24H24FN5O2.C4H4O4/c25-21-4-2-1-3-20(21)16-30-13-10-17(11-14-30)9-12-27-23(31)22-28-24(32-29-22)19-7-5-18(15-26)6-8-19;5-3(6)1-2-4(7)8/h1-8,17H,9-14,16H2,(H,27,31);1-2H,(H,5,6)(H,7,8)/b;2-1+. The van der Waals surface area contributed by atoms with Gasteiger partial charge in [-0.15, -0.1) is 0 Å². The monoisotopic (exact) mass is 549 g/mol. The second kappa shape index (κ2) is 14.9. The molecule has 40 heavy (non-hydrogen) atoms. The number of amides is 1. The van der Waals surface area contributed by atoms with Gasteiger partial charge < -0.3 is 20.1 Å². The molecule has 1 aromatic heterocycles. The fourth-order valence-electron chi connectivity index (χ4n) is 4.03. The highest BCUT2D eigenvalue weighted by atomic mass is 19.1. The quantitative estimate of drug-likeness (QED) is 0.336. The maximum atomic E-state index is 13.8. The van der Waals surface area contributed by atoms with Crippen LogP contribution in [0.4, 0.5) is 4.39 Å². The molecule has 12 heteroatoms. The minimum Gasteiger partial charge on any atom is -0.478 e. The number of nitriles is 1. The van der Waals surface area contributed by atoms with Crippen molar-refractivity contribution in [2.75, 3.05) is 19.6 Å². The summed E-state index contributed by atoms with van der Waals surface area (Å²) in [4.78, 5) is 37.9. The third-order valence-corrected chi connectivity index (χ3v) is 6.16. The zero-order chi connectivity index (χ0) is 28.9. The minimum atomic E-state index is -1.26. The maximum Gasteiger partial charge on any atom is 0.328 e. The van der Waals surface area contributed by atoms with Crippen molar-refractivity contribution in [1.29, 1.82) is 5.26 Å². The SMILES string of the molecule is N#Cc1ccc(-c2nc(C(=O)NCCC3CCN(Cc4ccccc4F)CC3)no2)cc1.O=C(O)/C=C/C(=O)O. The van der Waals surface area contributed by atoms with Gasteiger partial charge in [0.2, 0.25) is 0 Å². The molecule has 3 N–H and O–H groups in total. The fraction of sp³-hybridized carbons (Fsp3) is 0.286. The van der Waals surface area contributed by atoms with E-state index in [9.17, 15) is 18.8 Å². The molecule has 1 fully saturated rings. The Morgan fingerprint density at radius 1 is 1.07 bits per heavy atom. The van der Waals surface area contributed by atoms with Gasteiger partial charge in [0.15, 0.2) is 0 Å². The van der Waals surface area contributed by atoms with Gasteiger partial charge in [-0.1, -0.05) is 23.4 Å². The lowest BCUT2D eigenvalue weighted by Gasteiger charge is -2.32. The van der Waals surface area contributed by atoms with Crippen molar-refractivity contribution in [3.05, 3.63) is 83.5 Å². The van der Waals surface area contributed by atoms with Crippen LogP contribution in [-0.4, -0.2) is 62.7 Å². The second-order valence-electron chi connectivity index (χ2n) is 8.98. The van der Waals surface area contributed by atoms with E-state index in [-0.39, 0.29) is 23.4 Å². The van der Waals surface area contributed by atoms with Crippen molar-refractivity contribution < 1.29 is 33.5 Å². The highest BCUT2D eigenvalue weighted by Crippen LogP contribution is 2.22. The molecule has 11 nitrogen and oxygen atoms in total. The van der Waals surface area contributed by atoms with E-state index in [0.29, 0.717) is 42.3 Å². The summed E-state index contributed by atoms with van der Waals surface area (Å²) in [5.74, 6) is -2.29. The van der Waals surface area contributed by atoms with E-state index in [0.717, 1.165) is 37.9 Å². The van der Waals surface area contributed by atoms with E-state index < -0.39 is 11.9 Å². The van der Waals surface area contributed by atoms with Crippen LogP contribution in [0.3, 0.4) is 0 Å². The maximum absolute atomic E-state index is 13.8. The number of carboxylic acids is 2. The predicted octanol–water partition coefficient (Wildman–Crippen LogP) is 3.49. The number of aromatic nitrogens is 2. The fourth-order valence-corrected chi connectivity index (χ4v) is 4.03. The molecule has 1 amide bonds. The summed E-state index contributed by atoms with van der Waals surface area (Å²) < 4.78 is 19.0. The Morgan fingerprint density at radius 2 is 1.73 bits per heavy atom. The molecule has 0 radical (unpaired) electrons. The van der Waals surface area contributed by atoms with Crippen LogP contribution >= 0.6 is 0 Å². The average Bonchev–Trinajstić information content (AvgIpc) is 3.45. The average molecular weight is 550 g/mol. The van der Waals surface area contributed by atoms with Crippen LogP contribution in [0.15, 0.2) is 65.2 Å². The normalized spacial score (nSPS) is 13.7. The summed E-state index contributed by atoms with van der Waals surface area (Å²) in [5, 5.41) is 31.1. The molecule has 0 saturated carbocycles. The smallest absolute Gasteiger partial charge is 0.328 e. The van der Waals surface area contributed by atoms with Crippen LogP contribution in [0.2, 0.25) is 0 Å². The molecule has 1 aliphatic rings. The summed E-state index contributed by atoms with van der Waals surface area (Å²) in [6, 6.07) is 15.7. The molecule has 1 saturated heterocycles. The van der Waals surface area contributed by atoms with Gasteiger partial charge in [0.1, 0.15) is 5.82 Å². The highest BCUT2D eigenvalue weighted by Gasteiger charge is 2.21. The Balaban J connectivity index is 0.000000482. The molecule has 3 aromatic rings. The first-order chi connectivity index (χ1) is 19.2. The largest absolute Gasteiger partial charge is 0.478 e. The molecule has 4 rings (SSSR count). The molecule has 0 atom stereocenters.